The van der Waals surface area contributed by atoms with Gasteiger partial charge in [0.15, 0.2) is 0 Å². The maximum absolute atomic E-state index is 4.10. The van der Waals surface area contributed by atoms with Gasteiger partial charge in [-0.15, -0.1) is 0 Å². The summed E-state index contributed by atoms with van der Waals surface area (Å²) in [5.74, 6) is 0. The van der Waals surface area contributed by atoms with Gasteiger partial charge in [-0.3, -0.25) is 9.88 Å². The van der Waals surface area contributed by atoms with Gasteiger partial charge in [-0.25, -0.2) is 0 Å². The summed E-state index contributed by atoms with van der Waals surface area (Å²) in [6.07, 6.45) is 3.72. The van der Waals surface area contributed by atoms with E-state index in [9.17, 15) is 0 Å². The van der Waals surface area contributed by atoms with Crippen LogP contribution >= 0.6 is 0 Å². The SMILES string of the molecule is CN1CCNCC1CNCc1cccnc1. The average molecular weight is 220 g/mol. The van der Waals surface area contributed by atoms with Crippen LogP contribution in [0.2, 0.25) is 0 Å². The van der Waals surface area contributed by atoms with Gasteiger partial charge >= 0.3 is 0 Å². The van der Waals surface area contributed by atoms with E-state index in [2.05, 4.69) is 33.6 Å². The van der Waals surface area contributed by atoms with E-state index in [1.165, 1.54) is 5.56 Å². The van der Waals surface area contributed by atoms with Crippen LogP contribution in [0.4, 0.5) is 0 Å². The average Bonchev–Trinajstić information content (AvgIpc) is 2.33. The molecule has 0 aliphatic carbocycles. The number of pyridine rings is 1. The van der Waals surface area contributed by atoms with Gasteiger partial charge in [0.05, 0.1) is 0 Å². The normalized spacial score (nSPS) is 22.2. The summed E-state index contributed by atoms with van der Waals surface area (Å²) in [6.45, 7) is 5.25. The Hall–Kier alpha value is -0.970. The number of nitrogens with one attached hydrogen (secondary N) is 2. The fourth-order valence-electron chi connectivity index (χ4n) is 1.98. The highest BCUT2D eigenvalue weighted by Gasteiger charge is 2.17. The molecule has 2 rings (SSSR count). The van der Waals surface area contributed by atoms with Gasteiger partial charge in [-0.05, 0) is 18.7 Å². The van der Waals surface area contributed by atoms with Crippen molar-refractivity contribution in [3.63, 3.8) is 0 Å². The molecule has 1 saturated heterocycles. The molecule has 1 atom stereocenters. The highest BCUT2D eigenvalue weighted by Crippen LogP contribution is 1.99. The molecule has 1 fully saturated rings. The smallest absolute Gasteiger partial charge is 0.0342 e. The zero-order valence-electron chi connectivity index (χ0n) is 9.82. The Morgan fingerprint density at radius 2 is 2.56 bits per heavy atom. The molecule has 1 aromatic heterocycles. The van der Waals surface area contributed by atoms with Gasteiger partial charge in [0.1, 0.15) is 0 Å². The molecule has 0 saturated carbocycles. The van der Waals surface area contributed by atoms with E-state index in [1.807, 2.05) is 18.5 Å². The summed E-state index contributed by atoms with van der Waals surface area (Å²) in [4.78, 5) is 6.51. The van der Waals surface area contributed by atoms with Crippen LogP contribution in [-0.4, -0.2) is 49.2 Å². The largest absolute Gasteiger partial charge is 0.314 e. The number of likely N-dealkylation sites (N-methyl/N-ethyl adjacent to an activating group) is 1. The second-order valence-electron chi connectivity index (χ2n) is 4.33. The van der Waals surface area contributed by atoms with Crippen molar-refractivity contribution in [1.29, 1.82) is 0 Å². The monoisotopic (exact) mass is 220 g/mol. The van der Waals surface area contributed by atoms with E-state index in [0.29, 0.717) is 6.04 Å². The molecule has 0 amide bonds. The Morgan fingerprint density at radius 3 is 3.31 bits per heavy atom. The summed E-state index contributed by atoms with van der Waals surface area (Å²) in [5, 5.41) is 6.90. The fourth-order valence-corrected chi connectivity index (χ4v) is 1.98. The minimum atomic E-state index is 0.602. The molecule has 88 valence electrons. The van der Waals surface area contributed by atoms with Crippen LogP contribution in [-0.2, 0) is 6.54 Å². The lowest BCUT2D eigenvalue weighted by Crippen LogP contribution is -2.53. The quantitative estimate of drug-likeness (QED) is 0.753. The van der Waals surface area contributed by atoms with Crippen molar-refractivity contribution in [2.45, 2.75) is 12.6 Å². The van der Waals surface area contributed by atoms with Crippen LogP contribution in [0.25, 0.3) is 0 Å². The second-order valence-corrected chi connectivity index (χ2v) is 4.33. The minimum Gasteiger partial charge on any atom is -0.314 e. The molecule has 1 aliphatic heterocycles. The van der Waals surface area contributed by atoms with Crippen molar-refractivity contribution in [2.75, 3.05) is 33.2 Å². The third-order valence-electron chi connectivity index (χ3n) is 3.08. The molecule has 2 N–H and O–H groups in total. The van der Waals surface area contributed by atoms with Crippen LogP contribution in [0.1, 0.15) is 5.56 Å². The molecule has 1 aromatic rings. The lowest BCUT2D eigenvalue weighted by molar-refractivity contribution is 0.195. The van der Waals surface area contributed by atoms with Crippen molar-refractivity contribution in [3.05, 3.63) is 30.1 Å². The van der Waals surface area contributed by atoms with Crippen molar-refractivity contribution < 1.29 is 0 Å². The summed E-state index contributed by atoms with van der Waals surface area (Å²) in [7, 11) is 2.19. The lowest BCUT2D eigenvalue weighted by atomic mass is 10.2. The molecule has 16 heavy (non-hydrogen) atoms. The first kappa shape index (κ1) is 11.5. The van der Waals surface area contributed by atoms with Gasteiger partial charge < -0.3 is 10.6 Å². The first-order valence-corrected chi connectivity index (χ1v) is 5.87. The van der Waals surface area contributed by atoms with Crippen LogP contribution < -0.4 is 10.6 Å². The number of rotatable bonds is 4. The van der Waals surface area contributed by atoms with Crippen LogP contribution in [0.5, 0.6) is 0 Å². The molecule has 4 nitrogen and oxygen atoms in total. The van der Waals surface area contributed by atoms with Crippen LogP contribution in [0.15, 0.2) is 24.5 Å². The van der Waals surface area contributed by atoms with Gasteiger partial charge in [0.25, 0.3) is 0 Å². The number of piperazine rings is 1. The molecule has 0 radical (unpaired) electrons. The topological polar surface area (TPSA) is 40.2 Å². The molecular formula is C12H20N4. The molecular weight excluding hydrogens is 200 g/mol. The third kappa shape index (κ3) is 3.27. The maximum Gasteiger partial charge on any atom is 0.0342 e. The zero-order chi connectivity index (χ0) is 11.2. The molecule has 1 aliphatic rings. The summed E-state index contributed by atoms with van der Waals surface area (Å²) in [6, 6.07) is 4.68. The number of nitrogens with zero attached hydrogens (tertiary/aromatic N) is 2. The maximum atomic E-state index is 4.10. The van der Waals surface area contributed by atoms with Crippen molar-refractivity contribution in [3.8, 4) is 0 Å². The minimum absolute atomic E-state index is 0.602. The summed E-state index contributed by atoms with van der Waals surface area (Å²) in [5.41, 5.74) is 1.24. The highest BCUT2D eigenvalue weighted by molar-refractivity contribution is 5.07. The Kier molecular flexibility index (Phi) is 4.27. The lowest BCUT2D eigenvalue weighted by Gasteiger charge is -2.33. The Labute approximate surface area is 97.1 Å². The molecule has 0 bridgehead atoms. The van der Waals surface area contributed by atoms with Crippen molar-refractivity contribution in [1.82, 2.24) is 20.5 Å². The Morgan fingerprint density at radius 1 is 1.62 bits per heavy atom. The van der Waals surface area contributed by atoms with Gasteiger partial charge in [0, 0.05) is 51.2 Å². The molecule has 0 spiro atoms. The standard InChI is InChI=1S/C12H20N4/c1-16-6-5-14-9-12(16)10-15-8-11-3-2-4-13-7-11/h2-4,7,12,14-15H,5-6,8-10H2,1H3. The van der Waals surface area contributed by atoms with E-state index in [4.69, 9.17) is 0 Å². The van der Waals surface area contributed by atoms with Gasteiger partial charge in [-0.1, -0.05) is 6.07 Å². The molecule has 0 aromatic carbocycles. The van der Waals surface area contributed by atoms with E-state index in [0.717, 1.165) is 32.7 Å². The molecule has 2 heterocycles. The number of hydrogen-bond acceptors (Lipinski definition) is 4. The van der Waals surface area contributed by atoms with E-state index in [1.54, 1.807) is 0 Å². The zero-order valence-corrected chi connectivity index (χ0v) is 9.82. The number of aromatic nitrogens is 1. The van der Waals surface area contributed by atoms with Gasteiger partial charge in [0.2, 0.25) is 0 Å². The molecule has 4 heteroatoms. The van der Waals surface area contributed by atoms with E-state index in [-0.39, 0.29) is 0 Å². The fraction of sp³-hybridized carbons (Fsp3) is 0.583. The first-order chi connectivity index (χ1) is 7.86. The first-order valence-electron chi connectivity index (χ1n) is 5.87. The predicted octanol–water partition coefficient (Wildman–Crippen LogP) is 0.0748. The Balaban J connectivity index is 1.71. The summed E-state index contributed by atoms with van der Waals surface area (Å²) < 4.78 is 0. The predicted molar refractivity (Wildman–Crippen MR) is 65.2 cm³/mol. The van der Waals surface area contributed by atoms with E-state index >= 15 is 0 Å². The highest BCUT2D eigenvalue weighted by atomic mass is 15.2. The van der Waals surface area contributed by atoms with Crippen molar-refractivity contribution in [2.24, 2.45) is 0 Å². The summed E-state index contributed by atoms with van der Waals surface area (Å²) >= 11 is 0. The van der Waals surface area contributed by atoms with Gasteiger partial charge in [-0.2, -0.15) is 0 Å². The van der Waals surface area contributed by atoms with Crippen LogP contribution in [0, 0.1) is 0 Å². The van der Waals surface area contributed by atoms with Crippen LogP contribution in [0.3, 0.4) is 0 Å². The number of hydrogen-bond donors (Lipinski definition) is 2. The van der Waals surface area contributed by atoms with Crippen molar-refractivity contribution >= 4 is 0 Å². The van der Waals surface area contributed by atoms with E-state index < -0.39 is 0 Å². The second kappa shape index (κ2) is 5.94. The Bertz CT molecular complexity index is 301. The molecule has 1 unspecified atom stereocenters. The third-order valence-corrected chi connectivity index (χ3v) is 3.08.